The van der Waals surface area contributed by atoms with Crippen LogP contribution in [0.15, 0.2) is 60.1 Å². The molecule has 0 fully saturated rings. The molecule has 0 saturated carbocycles. The van der Waals surface area contributed by atoms with Crippen molar-refractivity contribution in [2.24, 2.45) is 0 Å². The fraction of sp³-hybridized carbons (Fsp3) is 0.250. The normalized spacial score (nSPS) is 15.9. The Morgan fingerprint density at radius 3 is 2.74 bits per heavy atom. The number of carbonyl (C=O) groups excluding carboxylic acids is 1. The number of aromatic hydroxyl groups is 1. The summed E-state index contributed by atoms with van der Waals surface area (Å²) in [5, 5.41) is 25.9. The Hall–Kier alpha value is -4.08. The molecule has 8 nitrogen and oxygen atoms in total. The monoisotopic (exact) mass is 468 g/mol. The van der Waals surface area contributed by atoms with Crippen molar-refractivity contribution in [1.29, 1.82) is 0 Å². The lowest BCUT2D eigenvalue weighted by molar-refractivity contribution is -0.133. The van der Waals surface area contributed by atoms with E-state index < -0.39 is 29.4 Å². The van der Waals surface area contributed by atoms with E-state index in [9.17, 15) is 28.6 Å². The molecule has 10 heteroatoms. The minimum Gasteiger partial charge on any atom is -0.506 e. The van der Waals surface area contributed by atoms with Crippen LogP contribution in [0.1, 0.15) is 42.9 Å². The number of aliphatic carboxylic acids is 1. The van der Waals surface area contributed by atoms with Gasteiger partial charge in [-0.1, -0.05) is 12.1 Å². The van der Waals surface area contributed by atoms with Crippen LogP contribution in [-0.2, 0) is 16.0 Å². The lowest BCUT2D eigenvalue weighted by atomic mass is 9.82. The molecule has 176 valence electrons. The van der Waals surface area contributed by atoms with Crippen molar-refractivity contribution in [3.8, 4) is 11.6 Å². The number of amides is 1. The minimum absolute atomic E-state index is 0.0351. The molecule has 0 spiro atoms. The summed E-state index contributed by atoms with van der Waals surface area (Å²) in [7, 11) is 0. The molecule has 3 aromatic rings. The van der Waals surface area contributed by atoms with E-state index in [-0.39, 0.29) is 41.8 Å². The third-order valence-corrected chi connectivity index (χ3v) is 5.75. The van der Waals surface area contributed by atoms with Gasteiger partial charge < -0.3 is 15.5 Å². The van der Waals surface area contributed by atoms with Crippen molar-refractivity contribution < 1.29 is 28.6 Å². The van der Waals surface area contributed by atoms with Gasteiger partial charge in [0.15, 0.2) is 17.5 Å². The number of carboxylic acid groups (broad SMARTS) is 1. The van der Waals surface area contributed by atoms with Gasteiger partial charge in [-0.2, -0.15) is 5.10 Å². The third-order valence-electron chi connectivity index (χ3n) is 5.75. The number of carbonyl (C=O) groups is 2. The van der Waals surface area contributed by atoms with Crippen LogP contribution in [0.3, 0.4) is 0 Å². The van der Waals surface area contributed by atoms with Gasteiger partial charge in [0.25, 0.3) is 0 Å². The zero-order valence-electron chi connectivity index (χ0n) is 18.0. The summed E-state index contributed by atoms with van der Waals surface area (Å²) in [5.74, 6) is -3.35. The Labute approximate surface area is 193 Å². The van der Waals surface area contributed by atoms with Crippen molar-refractivity contribution in [3.05, 3.63) is 83.0 Å². The van der Waals surface area contributed by atoms with E-state index in [1.807, 2.05) is 0 Å². The Bertz CT molecular complexity index is 1250. The van der Waals surface area contributed by atoms with Gasteiger partial charge >= 0.3 is 5.97 Å². The summed E-state index contributed by atoms with van der Waals surface area (Å²) in [6.45, 7) is 0. The number of pyridine rings is 1. The van der Waals surface area contributed by atoms with E-state index in [2.05, 4.69) is 15.4 Å². The van der Waals surface area contributed by atoms with Crippen LogP contribution in [-0.4, -0.2) is 36.9 Å². The number of carboxylic acids is 1. The van der Waals surface area contributed by atoms with E-state index in [4.69, 9.17) is 0 Å². The number of halogens is 2. The molecule has 1 aliphatic carbocycles. The predicted octanol–water partition coefficient (Wildman–Crippen LogP) is 3.61. The average molecular weight is 468 g/mol. The second-order valence-electron chi connectivity index (χ2n) is 8.02. The van der Waals surface area contributed by atoms with Gasteiger partial charge in [0.1, 0.15) is 5.75 Å². The zero-order chi connectivity index (χ0) is 24.2. The molecule has 2 aromatic heterocycles. The topological polar surface area (TPSA) is 117 Å². The first kappa shape index (κ1) is 23.1. The summed E-state index contributed by atoms with van der Waals surface area (Å²) >= 11 is 0. The Kier molecular flexibility index (Phi) is 6.67. The van der Waals surface area contributed by atoms with Gasteiger partial charge in [-0.25, -0.2) is 23.2 Å². The van der Waals surface area contributed by atoms with Crippen molar-refractivity contribution in [2.75, 3.05) is 0 Å². The van der Waals surface area contributed by atoms with E-state index in [1.54, 1.807) is 18.3 Å². The molecule has 4 rings (SSSR count). The highest BCUT2D eigenvalue weighted by molar-refractivity contribution is 5.89. The number of hydrogen-bond acceptors (Lipinski definition) is 5. The Morgan fingerprint density at radius 1 is 1.18 bits per heavy atom. The average Bonchev–Trinajstić information content (AvgIpc) is 3.29. The number of aryl methyl sites for hydroxylation is 1. The van der Waals surface area contributed by atoms with Crippen LogP contribution in [0, 0.1) is 11.6 Å². The number of allylic oxidation sites excluding steroid dienone is 1. The fourth-order valence-electron chi connectivity index (χ4n) is 4.01. The SMILES string of the molecule is O=C(CCc1ccn(-c2ccc(O)cn2)n1)NC1=C(C(=O)O)CCC(c2cccc(F)c2F)C1. The first-order valence-electron chi connectivity index (χ1n) is 10.7. The highest BCUT2D eigenvalue weighted by Crippen LogP contribution is 2.37. The second-order valence-corrected chi connectivity index (χ2v) is 8.02. The Morgan fingerprint density at radius 2 is 2.00 bits per heavy atom. The van der Waals surface area contributed by atoms with Gasteiger partial charge in [-0.15, -0.1) is 0 Å². The van der Waals surface area contributed by atoms with Crippen molar-refractivity contribution in [1.82, 2.24) is 20.1 Å². The third kappa shape index (κ3) is 5.11. The fourth-order valence-corrected chi connectivity index (χ4v) is 4.01. The molecule has 34 heavy (non-hydrogen) atoms. The molecule has 1 aromatic carbocycles. The van der Waals surface area contributed by atoms with Gasteiger partial charge in [0.2, 0.25) is 5.91 Å². The first-order chi connectivity index (χ1) is 16.3. The van der Waals surface area contributed by atoms with E-state index in [1.165, 1.54) is 29.1 Å². The van der Waals surface area contributed by atoms with Gasteiger partial charge in [0, 0.05) is 24.7 Å². The van der Waals surface area contributed by atoms with Crippen LogP contribution in [0.4, 0.5) is 8.78 Å². The van der Waals surface area contributed by atoms with Crippen LogP contribution < -0.4 is 5.32 Å². The lowest BCUT2D eigenvalue weighted by Crippen LogP contribution is -2.29. The zero-order valence-corrected chi connectivity index (χ0v) is 18.0. The molecular formula is C24H22F2N4O4. The van der Waals surface area contributed by atoms with Crippen LogP contribution in [0.5, 0.6) is 5.75 Å². The lowest BCUT2D eigenvalue weighted by Gasteiger charge is -2.26. The highest BCUT2D eigenvalue weighted by atomic mass is 19.2. The maximum absolute atomic E-state index is 14.3. The molecule has 1 amide bonds. The van der Waals surface area contributed by atoms with Gasteiger partial charge in [0.05, 0.1) is 17.5 Å². The second kappa shape index (κ2) is 9.82. The molecule has 2 heterocycles. The number of rotatable bonds is 7. The number of nitrogens with zero attached hydrogens (tertiary/aromatic N) is 3. The number of hydrogen-bond donors (Lipinski definition) is 3. The number of nitrogens with one attached hydrogen (secondary N) is 1. The quantitative estimate of drug-likeness (QED) is 0.488. The molecule has 1 aliphatic rings. The van der Waals surface area contributed by atoms with E-state index in [0.717, 1.165) is 6.07 Å². The van der Waals surface area contributed by atoms with Crippen LogP contribution in [0.2, 0.25) is 0 Å². The summed E-state index contributed by atoms with van der Waals surface area (Å²) in [4.78, 5) is 28.3. The maximum atomic E-state index is 14.3. The molecular weight excluding hydrogens is 446 g/mol. The smallest absolute Gasteiger partial charge is 0.333 e. The highest BCUT2D eigenvalue weighted by Gasteiger charge is 2.29. The molecule has 0 saturated heterocycles. The van der Waals surface area contributed by atoms with Crippen LogP contribution >= 0.6 is 0 Å². The Balaban J connectivity index is 1.42. The largest absolute Gasteiger partial charge is 0.506 e. The van der Waals surface area contributed by atoms with Crippen molar-refractivity contribution >= 4 is 11.9 Å². The molecule has 0 aliphatic heterocycles. The predicted molar refractivity (Wildman–Crippen MR) is 117 cm³/mol. The van der Waals surface area contributed by atoms with E-state index >= 15 is 0 Å². The molecule has 0 bridgehead atoms. The van der Waals surface area contributed by atoms with Crippen LogP contribution in [0.25, 0.3) is 5.82 Å². The molecule has 0 radical (unpaired) electrons. The standard InChI is InChI=1S/C24H22F2N4O4/c25-19-3-1-2-17(23(19)26)14-4-7-18(24(33)34)20(12-14)28-22(32)9-5-15-10-11-30(29-15)21-8-6-16(31)13-27-21/h1-3,6,8,10-11,13-14,31H,4-5,7,9,12H2,(H,28,32)(H,33,34). The van der Waals surface area contributed by atoms with Gasteiger partial charge in [-0.3, -0.25) is 4.79 Å². The van der Waals surface area contributed by atoms with Gasteiger partial charge in [-0.05, 0) is 55.0 Å². The summed E-state index contributed by atoms with van der Waals surface area (Å²) < 4.78 is 29.4. The first-order valence-corrected chi connectivity index (χ1v) is 10.7. The summed E-state index contributed by atoms with van der Waals surface area (Å²) in [6, 6.07) is 8.73. The van der Waals surface area contributed by atoms with Crippen molar-refractivity contribution in [2.45, 2.75) is 38.0 Å². The number of aromatic nitrogens is 3. The van der Waals surface area contributed by atoms with Crippen molar-refractivity contribution in [3.63, 3.8) is 0 Å². The maximum Gasteiger partial charge on any atom is 0.333 e. The summed E-state index contributed by atoms with van der Waals surface area (Å²) in [6.07, 6.45) is 3.89. The van der Waals surface area contributed by atoms with E-state index in [0.29, 0.717) is 24.4 Å². The number of benzene rings is 1. The molecule has 1 unspecified atom stereocenters. The molecule has 1 atom stereocenters. The summed E-state index contributed by atoms with van der Waals surface area (Å²) in [5.41, 5.74) is 1.09. The molecule has 3 N–H and O–H groups in total. The minimum atomic E-state index is -1.14.